The summed E-state index contributed by atoms with van der Waals surface area (Å²) in [5.41, 5.74) is -0.875. The number of hydrogen-bond donors (Lipinski definition) is 2. The standard InChI is InChI=1S/C27H41NO8/c1-24(2,3)36-23(30)28-27(17-31-16-19-12-9-8-10-13-19)18-32-25(4,5)35-22(27)21-20(14-11-15-29)33-26(6,7)34-21/h8-14,20-22,29H,15-18H2,1-7H3,(H,28,30)/b14-11+/t20-,21+,22-,27-/m0/s1. The van der Waals surface area contributed by atoms with Gasteiger partial charge in [0.05, 0.1) is 26.4 Å². The number of aliphatic hydroxyl groups excluding tert-OH is 1. The Morgan fingerprint density at radius 3 is 2.44 bits per heavy atom. The molecular weight excluding hydrogens is 466 g/mol. The van der Waals surface area contributed by atoms with Crippen LogP contribution in [-0.4, -0.2) is 72.0 Å². The van der Waals surface area contributed by atoms with Crippen molar-refractivity contribution in [3.8, 4) is 0 Å². The van der Waals surface area contributed by atoms with Gasteiger partial charge in [0.25, 0.3) is 0 Å². The zero-order chi connectivity index (χ0) is 26.6. The zero-order valence-corrected chi connectivity index (χ0v) is 22.4. The SMILES string of the molecule is CC(C)(C)OC(=O)N[C@@]1(COCc2ccccc2)COC(C)(C)O[C@H]1[C@@H]1OC(C)(C)O[C@H]1/C=C/CO. The monoisotopic (exact) mass is 507 g/mol. The number of rotatable bonds is 8. The molecule has 202 valence electrons. The lowest BCUT2D eigenvalue weighted by molar-refractivity contribution is -0.325. The van der Waals surface area contributed by atoms with E-state index < -0.39 is 47.1 Å². The first-order valence-corrected chi connectivity index (χ1v) is 12.3. The molecule has 0 aromatic heterocycles. The summed E-state index contributed by atoms with van der Waals surface area (Å²) in [4.78, 5) is 13.0. The van der Waals surface area contributed by atoms with Crippen LogP contribution in [0.25, 0.3) is 0 Å². The molecule has 1 aromatic carbocycles. The quantitative estimate of drug-likeness (QED) is 0.514. The first kappa shape index (κ1) is 28.6. The third-order valence-electron chi connectivity index (χ3n) is 5.75. The second-order valence-electron chi connectivity index (χ2n) is 11.2. The Labute approximate surface area is 214 Å². The number of alkyl carbamates (subject to hydrolysis) is 1. The fourth-order valence-electron chi connectivity index (χ4n) is 4.31. The Balaban J connectivity index is 1.95. The maximum atomic E-state index is 13.0. The highest BCUT2D eigenvalue weighted by Crippen LogP contribution is 2.40. The van der Waals surface area contributed by atoms with Crippen molar-refractivity contribution in [1.29, 1.82) is 0 Å². The summed E-state index contributed by atoms with van der Waals surface area (Å²) in [6.45, 7) is 13.0. The van der Waals surface area contributed by atoms with Gasteiger partial charge in [-0.25, -0.2) is 4.79 Å². The van der Waals surface area contributed by atoms with Crippen molar-refractivity contribution in [3.63, 3.8) is 0 Å². The lowest BCUT2D eigenvalue weighted by Crippen LogP contribution is -2.72. The van der Waals surface area contributed by atoms with Gasteiger partial charge in [-0.2, -0.15) is 0 Å². The van der Waals surface area contributed by atoms with E-state index in [9.17, 15) is 9.90 Å². The molecular formula is C27H41NO8. The average molecular weight is 508 g/mol. The predicted molar refractivity (Wildman–Crippen MR) is 133 cm³/mol. The number of amides is 1. The van der Waals surface area contributed by atoms with Crippen LogP contribution in [0.1, 0.15) is 54.0 Å². The molecule has 2 saturated heterocycles. The molecule has 2 aliphatic rings. The largest absolute Gasteiger partial charge is 0.444 e. The molecule has 36 heavy (non-hydrogen) atoms. The normalized spacial score (nSPS) is 29.8. The third kappa shape index (κ3) is 7.74. The smallest absolute Gasteiger partial charge is 0.408 e. The molecule has 1 amide bonds. The highest BCUT2D eigenvalue weighted by atomic mass is 16.8. The predicted octanol–water partition coefficient (Wildman–Crippen LogP) is 3.69. The Kier molecular flexibility index (Phi) is 8.86. The minimum absolute atomic E-state index is 0.0681. The highest BCUT2D eigenvalue weighted by molar-refractivity contribution is 5.69. The summed E-state index contributed by atoms with van der Waals surface area (Å²) < 4.78 is 36.6. The van der Waals surface area contributed by atoms with Crippen LogP contribution in [0.5, 0.6) is 0 Å². The summed E-state index contributed by atoms with van der Waals surface area (Å²) in [7, 11) is 0. The van der Waals surface area contributed by atoms with E-state index in [1.807, 2.05) is 58.0 Å². The number of nitrogens with one attached hydrogen (secondary N) is 1. The Bertz CT molecular complexity index is 895. The first-order valence-electron chi connectivity index (χ1n) is 12.3. The molecule has 3 rings (SSSR count). The lowest BCUT2D eigenvalue weighted by Gasteiger charge is -2.51. The molecule has 0 saturated carbocycles. The first-order chi connectivity index (χ1) is 16.7. The average Bonchev–Trinajstić information content (AvgIpc) is 3.07. The van der Waals surface area contributed by atoms with Gasteiger partial charge in [0.15, 0.2) is 11.6 Å². The maximum absolute atomic E-state index is 13.0. The minimum Gasteiger partial charge on any atom is -0.444 e. The summed E-state index contributed by atoms with van der Waals surface area (Å²) >= 11 is 0. The minimum atomic E-state index is -1.16. The van der Waals surface area contributed by atoms with E-state index in [1.165, 1.54) is 0 Å². The van der Waals surface area contributed by atoms with Gasteiger partial charge in [-0.15, -0.1) is 0 Å². The zero-order valence-electron chi connectivity index (χ0n) is 22.4. The molecule has 4 atom stereocenters. The van der Waals surface area contributed by atoms with Gasteiger partial charge in [-0.1, -0.05) is 42.5 Å². The van der Waals surface area contributed by atoms with Gasteiger partial charge in [0, 0.05) is 0 Å². The molecule has 9 nitrogen and oxygen atoms in total. The molecule has 2 aliphatic heterocycles. The van der Waals surface area contributed by atoms with Crippen LogP contribution >= 0.6 is 0 Å². The van der Waals surface area contributed by atoms with Crippen LogP contribution < -0.4 is 5.32 Å². The van der Waals surface area contributed by atoms with Gasteiger partial charge in [-0.05, 0) is 54.0 Å². The van der Waals surface area contributed by atoms with Crippen molar-refractivity contribution < 1.29 is 38.3 Å². The number of carbonyl (C=O) groups excluding carboxylic acids is 1. The van der Waals surface area contributed by atoms with Gasteiger partial charge in [0.1, 0.15) is 29.5 Å². The Hall–Kier alpha value is -2.01. The lowest BCUT2D eigenvalue weighted by atomic mass is 9.86. The van der Waals surface area contributed by atoms with Crippen molar-refractivity contribution in [2.24, 2.45) is 0 Å². The fraction of sp³-hybridized carbons (Fsp3) is 0.667. The molecule has 0 bridgehead atoms. The van der Waals surface area contributed by atoms with Gasteiger partial charge in [-0.3, -0.25) is 0 Å². The van der Waals surface area contributed by atoms with E-state index in [-0.39, 0.29) is 19.8 Å². The Morgan fingerprint density at radius 1 is 1.11 bits per heavy atom. The van der Waals surface area contributed by atoms with E-state index in [0.717, 1.165) is 5.56 Å². The Morgan fingerprint density at radius 2 is 1.81 bits per heavy atom. The van der Waals surface area contributed by atoms with Gasteiger partial charge < -0.3 is 38.8 Å². The number of hydrogen-bond acceptors (Lipinski definition) is 8. The van der Waals surface area contributed by atoms with E-state index in [1.54, 1.807) is 32.9 Å². The van der Waals surface area contributed by atoms with E-state index >= 15 is 0 Å². The van der Waals surface area contributed by atoms with Crippen molar-refractivity contribution in [2.45, 2.75) is 96.1 Å². The summed E-state index contributed by atoms with van der Waals surface area (Å²) in [5, 5.41) is 12.4. The third-order valence-corrected chi connectivity index (χ3v) is 5.75. The fourth-order valence-corrected chi connectivity index (χ4v) is 4.31. The number of aliphatic hydroxyl groups is 1. The number of ether oxygens (including phenoxy) is 6. The molecule has 0 aliphatic carbocycles. The topological polar surface area (TPSA) is 105 Å². The van der Waals surface area contributed by atoms with Crippen LogP contribution in [0.4, 0.5) is 4.79 Å². The van der Waals surface area contributed by atoms with Gasteiger partial charge in [0.2, 0.25) is 0 Å². The van der Waals surface area contributed by atoms with Crippen molar-refractivity contribution >= 4 is 6.09 Å². The van der Waals surface area contributed by atoms with Crippen LogP contribution in [0.15, 0.2) is 42.5 Å². The van der Waals surface area contributed by atoms with Crippen molar-refractivity contribution in [3.05, 3.63) is 48.0 Å². The van der Waals surface area contributed by atoms with E-state index in [4.69, 9.17) is 28.4 Å². The van der Waals surface area contributed by atoms with Crippen LogP contribution in [-0.2, 0) is 35.0 Å². The van der Waals surface area contributed by atoms with Crippen LogP contribution in [0.2, 0.25) is 0 Å². The van der Waals surface area contributed by atoms with Gasteiger partial charge >= 0.3 is 6.09 Å². The number of carbonyl (C=O) groups is 1. The molecule has 2 fully saturated rings. The highest BCUT2D eigenvalue weighted by Gasteiger charge is 2.58. The van der Waals surface area contributed by atoms with E-state index in [0.29, 0.717) is 6.61 Å². The molecule has 2 N–H and O–H groups in total. The molecule has 9 heteroatoms. The maximum Gasteiger partial charge on any atom is 0.408 e. The second kappa shape index (κ2) is 11.2. The molecule has 1 aromatic rings. The molecule has 0 unspecified atom stereocenters. The molecule has 0 spiro atoms. The summed E-state index contributed by atoms with van der Waals surface area (Å²) in [5.74, 6) is -1.87. The van der Waals surface area contributed by atoms with Crippen molar-refractivity contribution in [1.82, 2.24) is 5.32 Å². The van der Waals surface area contributed by atoms with E-state index in [2.05, 4.69) is 5.32 Å². The van der Waals surface area contributed by atoms with Crippen molar-refractivity contribution in [2.75, 3.05) is 19.8 Å². The molecule has 2 heterocycles. The van der Waals surface area contributed by atoms with Crippen LogP contribution in [0, 0.1) is 0 Å². The van der Waals surface area contributed by atoms with Crippen LogP contribution in [0.3, 0.4) is 0 Å². The summed E-state index contributed by atoms with van der Waals surface area (Å²) in [6.07, 6.45) is 0.806. The number of benzene rings is 1. The second-order valence-corrected chi connectivity index (χ2v) is 11.2. The summed E-state index contributed by atoms with van der Waals surface area (Å²) in [6, 6.07) is 9.75. The molecule has 0 radical (unpaired) electrons.